The van der Waals surface area contributed by atoms with E-state index < -0.39 is 11.5 Å². The van der Waals surface area contributed by atoms with Crippen LogP contribution in [0.1, 0.15) is 11.1 Å². The van der Waals surface area contributed by atoms with Gasteiger partial charge in [-0.3, -0.25) is 9.97 Å². The number of nitrogens with two attached hydrogens (primary N) is 1. The normalized spacial score (nSPS) is 18.3. The highest BCUT2D eigenvalue weighted by atomic mass is 19.1. The van der Waals surface area contributed by atoms with Gasteiger partial charge in [-0.05, 0) is 42.0 Å². The summed E-state index contributed by atoms with van der Waals surface area (Å²) in [5.74, 6) is -0.244. The van der Waals surface area contributed by atoms with Crippen LogP contribution in [0, 0.1) is 5.95 Å². The van der Waals surface area contributed by atoms with Gasteiger partial charge in [0.25, 0.3) is 12.0 Å². The van der Waals surface area contributed by atoms with Crippen molar-refractivity contribution in [2.45, 2.75) is 5.54 Å². The Morgan fingerprint density at radius 1 is 0.906 bits per heavy atom. The summed E-state index contributed by atoms with van der Waals surface area (Å²) in [5.41, 5.74) is 9.07. The van der Waals surface area contributed by atoms with Gasteiger partial charge in [-0.25, -0.2) is 9.98 Å². The highest BCUT2D eigenvalue weighted by Gasteiger charge is 2.48. The summed E-state index contributed by atoms with van der Waals surface area (Å²) in [6.07, 6.45) is 6.77. The Morgan fingerprint density at radius 2 is 1.69 bits per heavy atom. The molecule has 2 N–H and O–H groups in total. The molecule has 5 heterocycles. The zero-order valence-corrected chi connectivity index (χ0v) is 16.7. The third kappa shape index (κ3) is 2.73. The molecular weight excluding hydrogens is 409 g/mol. The van der Waals surface area contributed by atoms with Crippen molar-refractivity contribution in [1.82, 2.24) is 15.0 Å². The monoisotopic (exact) mass is 425 g/mol. The molecule has 2 aliphatic heterocycles. The molecule has 32 heavy (non-hydrogen) atoms. The topological polar surface area (TPSA) is 95.5 Å². The molecular formula is C24H16FN5O2. The van der Waals surface area contributed by atoms with Crippen molar-refractivity contribution in [3.63, 3.8) is 0 Å². The third-order valence-corrected chi connectivity index (χ3v) is 5.70. The van der Waals surface area contributed by atoms with Crippen LogP contribution >= 0.6 is 0 Å². The second-order valence-corrected chi connectivity index (χ2v) is 7.57. The third-order valence-electron chi connectivity index (χ3n) is 5.70. The van der Waals surface area contributed by atoms with E-state index in [-0.39, 0.29) is 18.4 Å². The van der Waals surface area contributed by atoms with E-state index in [1.807, 2.05) is 30.3 Å². The van der Waals surface area contributed by atoms with Gasteiger partial charge in [0.2, 0.25) is 0 Å². The van der Waals surface area contributed by atoms with Crippen molar-refractivity contribution < 1.29 is 13.9 Å². The molecule has 0 bridgehead atoms. The maximum absolute atomic E-state index is 15.2. The van der Waals surface area contributed by atoms with E-state index >= 15 is 4.39 Å². The molecule has 0 unspecified atom stereocenters. The van der Waals surface area contributed by atoms with Crippen molar-refractivity contribution >= 4 is 6.02 Å². The summed E-state index contributed by atoms with van der Waals surface area (Å²) < 4.78 is 26.8. The smallest absolute Gasteiger partial charge is 0.283 e. The van der Waals surface area contributed by atoms with E-state index in [4.69, 9.17) is 15.2 Å². The Morgan fingerprint density at radius 3 is 2.38 bits per heavy atom. The lowest BCUT2D eigenvalue weighted by molar-refractivity contribution is 0.261. The molecule has 1 aromatic carbocycles. The number of benzene rings is 1. The first-order valence-electron chi connectivity index (χ1n) is 9.96. The number of amidine groups is 1. The molecule has 0 saturated heterocycles. The fourth-order valence-corrected chi connectivity index (χ4v) is 4.19. The van der Waals surface area contributed by atoms with Crippen LogP contribution in [-0.2, 0) is 10.3 Å². The lowest BCUT2D eigenvalue weighted by Gasteiger charge is -2.33. The van der Waals surface area contributed by atoms with Crippen molar-refractivity contribution in [2.24, 2.45) is 10.7 Å². The first kappa shape index (κ1) is 18.4. The van der Waals surface area contributed by atoms with E-state index in [1.165, 1.54) is 0 Å². The Balaban J connectivity index is 1.59. The summed E-state index contributed by atoms with van der Waals surface area (Å²) >= 11 is 0. The molecule has 4 aromatic rings. The molecule has 8 heteroatoms. The van der Waals surface area contributed by atoms with Crippen LogP contribution in [0.3, 0.4) is 0 Å². The lowest BCUT2D eigenvalue weighted by atomic mass is 9.80. The minimum Gasteiger partial charge on any atom is -0.462 e. The van der Waals surface area contributed by atoms with E-state index in [0.29, 0.717) is 22.6 Å². The maximum Gasteiger partial charge on any atom is 0.283 e. The average Bonchev–Trinajstić information content (AvgIpc) is 3.23. The van der Waals surface area contributed by atoms with Gasteiger partial charge < -0.3 is 15.2 Å². The Bertz CT molecular complexity index is 1380. The average molecular weight is 425 g/mol. The van der Waals surface area contributed by atoms with Crippen molar-refractivity contribution in [3.8, 4) is 33.9 Å². The van der Waals surface area contributed by atoms with Gasteiger partial charge >= 0.3 is 0 Å². The minimum absolute atomic E-state index is 0.0151. The Labute approximate surface area is 182 Å². The van der Waals surface area contributed by atoms with Crippen molar-refractivity contribution in [3.05, 3.63) is 90.4 Å². The van der Waals surface area contributed by atoms with E-state index in [0.717, 1.165) is 16.7 Å². The van der Waals surface area contributed by atoms with Crippen LogP contribution < -0.4 is 10.5 Å². The van der Waals surface area contributed by atoms with Gasteiger partial charge in [-0.15, -0.1) is 0 Å². The van der Waals surface area contributed by atoms with Crippen LogP contribution in [-0.4, -0.2) is 27.6 Å². The second-order valence-electron chi connectivity index (χ2n) is 7.57. The SMILES string of the molecule is NC1=N[C@@]2(CO1)c1cc(-c3cccnc3)ccc1Oc1c2cc(-c2cccnc2)nc1F. The fourth-order valence-electron chi connectivity index (χ4n) is 4.19. The van der Waals surface area contributed by atoms with Crippen LogP contribution in [0.25, 0.3) is 22.4 Å². The Hall–Kier alpha value is -4.33. The first-order chi connectivity index (χ1) is 15.6. The standard InChI is InChI=1S/C24H16FN5O2/c25-22-21-18(10-19(29-22)16-4-2-8-28-12-16)24(13-31-23(26)30-24)17-9-14(5-6-20(17)32-21)15-3-1-7-27-11-15/h1-12H,13H2,(H2,26,30)/t24-/m0/s1. The molecule has 1 spiro atoms. The van der Waals surface area contributed by atoms with E-state index in [2.05, 4.69) is 19.9 Å². The zero-order chi connectivity index (χ0) is 21.7. The lowest BCUT2D eigenvalue weighted by Crippen LogP contribution is -2.32. The summed E-state index contributed by atoms with van der Waals surface area (Å²) in [4.78, 5) is 17.1. The number of fused-ring (bicyclic) bond motifs is 4. The molecule has 0 aliphatic carbocycles. The van der Waals surface area contributed by atoms with Gasteiger partial charge in [0.05, 0.1) is 5.69 Å². The first-order valence-corrected chi connectivity index (χ1v) is 9.96. The Kier molecular flexibility index (Phi) is 3.94. The number of nitrogens with zero attached hydrogens (tertiary/aromatic N) is 4. The zero-order valence-electron chi connectivity index (χ0n) is 16.7. The molecule has 0 radical (unpaired) electrons. The van der Waals surface area contributed by atoms with Crippen LogP contribution in [0.15, 0.2) is 78.3 Å². The maximum atomic E-state index is 15.2. The molecule has 0 fully saturated rings. The summed E-state index contributed by atoms with van der Waals surface area (Å²) in [5, 5.41) is 0. The summed E-state index contributed by atoms with van der Waals surface area (Å²) in [7, 11) is 0. The van der Waals surface area contributed by atoms with Gasteiger partial charge in [-0.2, -0.15) is 4.39 Å². The van der Waals surface area contributed by atoms with Gasteiger partial charge in [0.1, 0.15) is 12.4 Å². The quantitative estimate of drug-likeness (QED) is 0.487. The number of ether oxygens (including phenoxy) is 2. The number of aromatic nitrogens is 3. The largest absolute Gasteiger partial charge is 0.462 e. The molecule has 0 saturated carbocycles. The van der Waals surface area contributed by atoms with E-state index in [9.17, 15) is 0 Å². The van der Waals surface area contributed by atoms with Crippen LogP contribution in [0.2, 0.25) is 0 Å². The highest BCUT2D eigenvalue weighted by Crippen LogP contribution is 2.52. The number of rotatable bonds is 2. The molecule has 0 amide bonds. The van der Waals surface area contributed by atoms with Crippen LogP contribution in [0.4, 0.5) is 4.39 Å². The predicted octanol–water partition coefficient (Wildman–Crippen LogP) is 4.04. The van der Waals surface area contributed by atoms with Gasteiger partial charge in [-0.1, -0.05) is 12.1 Å². The molecule has 156 valence electrons. The fraction of sp³-hybridized carbons (Fsp3) is 0.0833. The molecule has 7 nitrogen and oxygen atoms in total. The molecule has 3 aromatic heterocycles. The predicted molar refractivity (Wildman–Crippen MR) is 116 cm³/mol. The second kappa shape index (κ2) is 6.84. The number of hydrogen-bond donors (Lipinski definition) is 1. The summed E-state index contributed by atoms with van der Waals surface area (Å²) in [6.45, 7) is 0.120. The summed E-state index contributed by atoms with van der Waals surface area (Å²) in [6, 6.07) is 14.9. The van der Waals surface area contributed by atoms with Gasteiger partial charge in [0, 0.05) is 47.0 Å². The molecule has 2 aliphatic rings. The highest BCUT2D eigenvalue weighted by molar-refractivity contribution is 5.78. The molecule has 6 rings (SSSR count). The van der Waals surface area contributed by atoms with Crippen molar-refractivity contribution in [1.29, 1.82) is 0 Å². The van der Waals surface area contributed by atoms with Crippen molar-refractivity contribution in [2.75, 3.05) is 6.61 Å². The van der Waals surface area contributed by atoms with Crippen LogP contribution in [0.5, 0.6) is 11.5 Å². The van der Waals surface area contributed by atoms with E-state index in [1.54, 1.807) is 43.0 Å². The number of pyridine rings is 3. The minimum atomic E-state index is -1.06. The number of halogens is 1. The molecule has 1 atom stereocenters. The number of aliphatic imine (C=N–C) groups is 1. The van der Waals surface area contributed by atoms with Gasteiger partial charge in [0.15, 0.2) is 11.3 Å². The number of hydrogen-bond acceptors (Lipinski definition) is 7.